The molecule has 31 heavy (non-hydrogen) atoms. The van der Waals surface area contributed by atoms with Crippen LogP contribution in [0.4, 0.5) is 0 Å². The molecule has 0 fully saturated rings. The minimum Gasteiger partial charge on any atom is -0.494 e. The zero-order valence-electron chi connectivity index (χ0n) is 17.1. The maximum absolute atomic E-state index is 10.6. The van der Waals surface area contributed by atoms with Crippen LogP contribution in [0.2, 0.25) is 0 Å². The largest absolute Gasteiger partial charge is 0.494 e. The number of rotatable bonds is 9. The summed E-state index contributed by atoms with van der Waals surface area (Å²) in [6, 6.07) is 28.3. The van der Waals surface area contributed by atoms with Gasteiger partial charge >= 0.3 is 5.97 Å². The van der Waals surface area contributed by atoms with Crippen molar-refractivity contribution < 1.29 is 14.6 Å². The van der Waals surface area contributed by atoms with Crippen LogP contribution in [0, 0.1) is 0 Å². The first-order valence-corrected chi connectivity index (χ1v) is 10.4. The highest BCUT2D eigenvalue weighted by molar-refractivity contribution is 5.80. The fourth-order valence-electron chi connectivity index (χ4n) is 3.51. The lowest BCUT2D eigenvalue weighted by molar-refractivity contribution is -0.137. The van der Waals surface area contributed by atoms with E-state index in [1.807, 2.05) is 67.0 Å². The quantitative estimate of drug-likeness (QED) is 0.351. The van der Waals surface area contributed by atoms with E-state index in [-0.39, 0.29) is 6.42 Å². The van der Waals surface area contributed by atoms with Crippen molar-refractivity contribution in [2.24, 2.45) is 0 Å². The molecule has 0 bridgehead atoms. The van der Waals surface area contributed by atoms with Crippen molar-refractivity contribution in [1.29, 1.82) is 0 Å². The fraction of sp³-hybridized carbons (Fsp3) is 0.154. The van der Waals surface area contributed by atoms with Crippen molar-refractivity contribution in [3.05, 3.63) is 91.3 Å². The Labute approximate surface area is 181 Å². The highest BCUT2D eigenvalue weighted by Crippen LogP contribution is 2.33. The van der Waals surface area contributed by atoms with Gasteiger partial charge in [0.25, 0.3) is 0 Å². The number of ether oxygens (including phenoxy) is 1. The first-order valence-electron chi connectivity index (χ1n) is 10.4. The molecule has 0 saturated heterocycles. The van der Waals surface area contributed by atoms with Gasteiger partial charge in [0, 0.05) is 23.6 Å². The van der Waals surface area contributed by atoms with E-state index in [2.05, 4.69) is 28.8 Å². The number of carboxylic acid groups (broad SMARTS) is 1. The summed E-state index contributed by atoms with van der Waals surface area (Å²) in [5, 5.41) is 8.75. The summed E-state index contributed by atoms with van der Waals surface area (Å²) in [5.41, 5.74) is 5.04. The van der Waals surface area contributed by atoms with Gasteiger partial charge in [0.05, 0.1) is 23.7 Å². The topological polar surface area (TPSA) is 64.3 Å². The van der Waals surface area contributed by atoms with Crippen LogP contribution in [0.3, 0.4) is 0 Å². The molecule has 0 aliphatic carbocycles. The van der Waals surface area contributed by atoms with Gasteiger partial charge in [-0.3, -0.25) is 9.36 Å². The van der Waals surface area contributed by atoms with E-state index in [9.17, 15) is 4.79 Å². The minimum atomic E-state index is -0.773. The summed E-state index contributed by atoms with van der Waals surface area (Å²) < 4.78 is 7.94. The molecule has 5 heteroatoms. The molecule has 0 radical (unpaired) electrons. The van der Waals surface area contributed by atoms with Gasteiger partial charge in [0.2, 0.25) is 0 Å². The molecule has 0 amide bonds. The van der Waals surface area contributed by atoms with E-state index in [1.165, 1.54) is 0 Å². The van der Waals surface area contributed by atoms with Crippen molar-refractivity contribution in [3.63, 3.8) is 0 Å². The highest BCUT2D eigenvalue weighted by Gasteiger charge is 2.16. The van der Waals surface area contributed by atoms with Crippen LogP contribution in [0.25, 0.3) is 28.2 Å². The number of hydrogen-bond donors (Lipinski definition) is 1. The Hall–Kier alpha value is -3.86. The molecule has 0 aliphatic heterocycles. The molecule has 0 atom stereocenters. The Morgan fingerprint density at radius 3 is 2.29 bits per heavy atom. The molecule has 1 aromatic heterocycles. The summed E-state index contributed by atoms with van der Waals surface area (Å²) in [6.07, 6.45) is 3.32. The number of nitrogens with zero attached hydrogens (tertiary/aromatic N) is 2. The normalized spacial score (nSPS) is 10.7. The Balaban J connectivity index is 1.64. The predicted octanol–water partition coefficient (Wildman–Crippen LogP) is 5.84. The lowest BCUT2D eigenvalue weighted by atomic mass is 10.0. The predicted molar refractivity (Wildman–Crippen MR) is 121 cm³/mol. The third kappa shape index (κ3) is 5.01. The number of aromatic nitrogens is 2. The standard InChI is InChI=1S/C26H24N2O3/c29-24(30)16-7-8-17-31-23-15-9-14-22(18-23)28-19-27-25(20-10-3-1-4-11-20)26(28)21-12-5-2-6-13-21/h1-6,9-15,18-19H,7-8,16-17H2,(H,29,30). The lowest BCUT2D eigenvalue weighted by Crippen LogP contribution is -2.01. The first kappa shape index (κ1) is 20.4. The molecule has 3 aromatic carbocycles. The van der Waals surface area contributed by atoms with Gasteiger partial charge in [-0.2, -0.15) is 0 Å². The van der Waals surface area contributed by atoms with Gasteiger partial charge in [-0.15, -0.1) is 0 Å². The van der Waals surface area contributed by atoms with E-state index in [4.69, 9.17) is 14.8 Å². The molecule has 4 aromatic rings. The number of hydrogen-bond acceptors (Lipinski definition) is 3. The van der Waals surface area contributed by atoms with Crippen molar-refractivity contribution >= 4 is 5.97 Å². The number of benzene rings is 3. The van der Waals surface area contributed by atoms with Crippen LogP contribution in [0.5, 0.6) is 5.75 Å². The molecule has 1 heterocycles. The number of imidazole rings is 1. The second-order valence-electron chi connectivity index (χ2n) is 7.24. The van der Waals surface area contributed by atoms with Crippen LogP contribution in [-0.4, -0.2) is 27.2 Å². The molecule has 0 saturated carbocycles. The summed E-state index contributed by atoms with van der Waals surface area (Å²) >= 11 is 0. The van der Waals surface area contributed by atoms with Gasteiger partial charge < -0.3 is 9.84 Å². The van der Waals surface area contributed by atoms with Crippen LogP contribution in [-0.2, 0) is 4.79 Å². The third-order valence-corrected chi connectivity index (χ3v) is 5.01. The third-order valence-electron chi connectivity index (χ3n) is 5.01. The number of aliphatic carboxylic acids is 1. The van der Waals surface area contributed by atoms with E-state index in [0.29, 0.717) is 19.4 Å². The second kappa shape index (κ2) is 9.76. The van der Waals surface area contributed by atoms with Crippen molar-refractivity contribution in [1.82, 2.24) is 9.55 Å². The average Bonchev–Trinajstić information content (AvgIpc) is 3.25. The van der Waals surface area contributed by atoms with Gasteiger partial charge in [0.1, 0.15) is 12.1 Å². The molecule has 156 valence electrons. The summed E-state index contributed by atoms with van der Waals surface area (Å²) in [5.74, 6) is -0.0217. The minimum absolute atomic E-state index is 0.168. The number of carboxylic acids is 1. The average molecular weight is 412 g/mol. The van der Waals surface area contributed by atoms with Crippen LogP contribution in [0.1, 0.15) is 19.3 Å². The van der Waals surface area contributed by atoms with Gasteiger partial charge in [-0.25, -0.2) is 4.98 Å². The highest BCUT2D eigenvalue weighted by atomic mass is 16.5. The molecule has 0 spiro atoms. The van der Waals surface area contributed by atoms with Gasteiger partial charge in [0.15, 0.2) is 0 Å². The smallest absolute Gasteiger partial charge is 0.303 e. The zero-order valence-corrected chi connectivity index (χ0v) is 17.1. The monoisotopic (exact) mass is 412 g/mol. The first-order chi connectivity index (χ1) is 15.2. The number of carbonyl (C=O) groups is 1. The molecular formula is C26H24N2O3. The van der Waals surface area contributed by atoms with Gasteiger partial charge in [-0.05, 0) is 25.0 Å². The van der Waals surface area contributed by atoms with Crippen molar-refractivity contribution in [2.75, 3.05) is 6.61 Å². The van der Waals surface area contributed by atoms with Crippen LogP contribution < -0.4 is 4.74 Å². The lowest BCUT2D eigenvalue weighted by Gasteiger charge is -2.13. The molecule has 4 rings (SSSR count). The molecule has 0 unspecified atom stereocenters. The number of unbranched alkanes of at least 4 members (excludes halogenated alkanes) is 1. The molecular weight excluding hydrogens is 388 g/mol. The summed E-state index contributed by atoms with van der Waals surface area (Å²) in [6.45, 7) is 0.488. The van der Waals surface area contributed by atoms with Crippen molar-refractivity contribution in [3.8, 4) is 34.0 Å². The molecule has 5 nitrogen and oxygen atoms in total. The Kier molecular flexibility index (Phi) is 6.43. The SMILES string of the molecule is O=C(O)CCCCOc1cccc(-n2cnc(-c3ccccc3)c2-c2ccccc2)c1. The Morgan fingerprint density at radius 1 is 0.871 bits per heavy atom. The van der Waals surface area contributed by atoms with Gasteiger partial charge in [-0.1, -0.05) is 66.7 Å². The van der Waals surface area contributed by atoms with Crippen molar-refractivity contribution in [2.45, 2.75) is 19.3 Å². The molecule has 1 N–H and O–H groups in total. The van der Waals surface area contributed by atoms with E-state index in [0.717, 1.165) is 34.0 Å². The second-order valence-corrected chi connectivity index (χ2v) is 7.24. The fourth-order valence-corrected chi connectivity index (χ4v) is 3.51. The maximum Gasteiger partial charge on any atom is 0.303 e. The summed E-state index contributed by atoms with van der Waals surface area (Å²) in [4.78, 5) is 15.4. The van der Waals surface area contributed by atoms with Crippen LogP contribution in [0.15, 0.2) is 91.3 Å². The maximum atomic E-state index is 10.6. The Morgan fingerprint density at radius 2 is 1.58 bits per heavy atom. The summed E-state index contributed by atoms with van der Waals surface area (Å²) in [7, 11) is 0. The zero-order chi connectivity index (χ0) is 21.5. The van der Waals surface area contributed by atoms with E-state index < -0.39 is 5.97 Å². The van der Waals surface area contributed by atoms with E-state index in [1.54, 1.807) is 0 Å². The van der Waals surface area contributed by atoms with Crippen LogP contribution >= 0.6 is 0 Å². The van der Waals surface area contributed by atoms with E-state index >= 15 is 0 Å². The molecule has 0 aliphatic rings. The Bertz CT molecular complexity index is 1140.